The smallest absolute Gasteiger partial charge is 0.304 e. The molecule has 4 heteroatoms. The Kier molecular flexibility index (Phi) is 3.58. The van der Waals surface area contributed by atoms with Gasteiger partial charge in [-0.2, -0.15) is 0 Å². The van der Waals surface area contributed by atoms with Crippen molar-refractivity contribution in [2.75, 3.05) is 0 Å². The Bertz CT molecular complexity index is 561. The van der Waals surface area contributed by atoms with Gasteiger partial charge in [0.2, 0.25) is 0 Å². The summed E-state index contributed by atoms with van der Waals surface area (Å²) in [7, 11) is 0. The number of fused-ring (bicyclic) bond motifs is 1. The van der Waals surface area contributed by atoms with Crippen LogP contribution < -0.4 is 5.73 Å². The highest BCUT2D eigenvalue weighted by atomic mass is 16.4. The largest absolute Gasteiger partial charge is 0.481 e. The average molecular weight is 244 g/mol. The Balaban J connectivity index is 2.53. The lowest BCUT2D eigenvalue weighted by atomic mass is 9.88. The van der Waals surface area contributed by atoms with Crippen molar-refractivity contribution >= 4 is 16.9 Å². The summed E-state index contributed by atoms with van der Waals surface area (Å²) < 4.78 is 0. The number of carbonyl (C=O) groups is 1. The Hall–Kier alpha value is -1.94. The molecule has 3 N–H and O–H groups in total. The van der Waals surface area contributed by atoms with Crippen molar-refractivity contribution in [2.24, 2.45) is 5.73 Å². The van der Waals surface area contributed by atoms with Crippen molar-refractivity contribution in [1.29, 1.82) is 0 Å². The maximum absolute atomic E-state index is 10.9. The minimum atomic E-state index is -0.842. The fourth-order valence-corrected chi connectivity index (χ4v) is 2.19. The van der Waals surface area contributed by atoms with Crippen LogP contribution in [0.2, 0.25) is 0 Å². The standard InChI is InChI=1S/C14H16N2O2/c1-9(15)12(8-13(17)18)11-6-2-4-10-5-3-7-16-14(10)11/h2-7,9,12H,8,15H2,1H3,(H,17,18). The molecule has 2 atom stereocenters. The van der Waals surface area contributed by atoms with Gasteiger partial charge in [0.25, 0.3) is 0 Å². The van der Waals surface area contributed by atoms with Crippen LogP contribution in [0.3, 0.4) is 0 Å². The normalized spacial score (nSPS) is 14.3. The predicted octanol–water partition coefficient (Wildman–Crippen LogP) is 2.14. The fraction of sp³-hybridized carbons (Fsp3) is 0.286. The molecular weight excluding hydrogens is 228 g/mol. The number of nitrogens with zero attached hydrogens (tertiary/aromatic N) is 1. The molecule has 0 saturated carbocycles. The molecule has 2 unspecified atom stereocenters. The number of hydrogen-bond acceptors (Lipinski definition) is 3. The molecule has 4 nitrogen and oxygen atoms in total. The lowest BCUT2D eigenvalue weighted by molar-refractivity contribution is -0.137. The minimum absolute atomic E-state index is 0.0212. The second-order valence-electron chi connectivity index (χ2n) is 4.49. The predicted molar refractivity (Wildman–Crippen MR) is 70.4 cm³/mol. The van der Waals surface area contributed by atoms with E-state index in [0.29, 0.717) is 0 Å². The summed E-state index contributed by atoms with van der Waals surface area (Å²) in [4.78, 5) is 15.3. The highest BCUT2D eigenvalue weighted by molar-refractivity contribution is 5.83. The summed E-state index contributed by atoms with van der Waals surface area (Å²) >= 11 is 0. The van der Waals surface area contributed by atoms with Crippen molar-refractivity contribution in [3.8, 4) is 0 Å². The average Bonchev–Trinajstić information content (AvgIpc) is 2.35. The molecule has 0 radical (unpaired) electrons. The second-order valence-corrected chi connectivity index (χ2v) is 4.49. The summed E-state index contributed by atoms with van der Waals surface area (Å²) in [6.07, 6.45) is 1.73. The number of para-hydroxylation sites is 1. The molecule has 18 heavy (non-hydrogen) atoms. The first-order valence-corrected chi connectivity index (χ1v) is 5.90. The third-order valence-corrected chi connectivity index (χ3v) is 3.09. The molecule has 0 fully saturated rings. The Morgan fingerprint density at radius 3 is 2.78 bits per heavy atom. The molecule has 1 heterocycles. The number of nitrogens with two attached hydrogens (primary N) is 1. The first-order chi connectivity index (χ1) is 8.59. The van der Waals surface area contributed by atoms with E-state index in [0.717, 1.165) is 16.5 Å². The maximum Gasteiger partial charge on any atom is 0.304 e. The van der Waals surface area contributed by atoms with Crippen LogP contribution in [0.4, 0.5) is 0 Å². The molecule has 0 spiro atoms. The van der Waals surface area contributed by atoms with Crippen molar-refractivity contribution in [3.05, 3.63) is 42.1 Å². The zero-order chi connectivity index (χ0) is 13.1. The van der Waals surface area contributed by atoms with Crippen molar-refractivity contribution < 1.29 is 9.90 Å². The Morgan fingerprint density at radius 2 is 2.11 bits per heavy atom. The summed E-state index contributed by atoms with van der Waals surface area (Å²) in [5.74, 6) is -1.06. The first kappa shape index (κ1) is 12.5. The van der Waals surface area contributed by atoms with Crippen LogP contribution >= 0.6 is 0 Å². The van der Waals surface area contributed by atoms with Crippen molar-refractivity contribution in [1.82, 2.24) is 4.98 Å². The van der Waals surface area contributed by atoms with E-state index in [1.807, 2.05) is 37.3 Å². The van der Waals surface area contributed by atoms with Crippen LogP contribution in [-0.4, -0.2) is 22.1 Å². The highest BCUT2D eigenvalue weighted by Gasteiger charge is 2.21. The van der Waals surface area contributed by atoms with Crippen molar-refractivity contribution in [2.45, 2.75) is 25.3 Å². The van der Waals surface area contributed by atoms with Gasteiger partial charge in [0.05, 0.1) is 11.9 Å². The Labute approximate surface area is 105 Å². The van der Waals surface area contributed by atoms with E-state index in [9.17, 15) is 4.79 Å². The van der Waals surface area contributed by atoms with Gasteiger partial charge in [0, 0.05) is 23.5 Å². The summed E-state index contributed by atoms with van der Waals surface area (Å²) in [6.45, 7) is 1.83. The molecular formula is C14H16N2O2. The van der Waals surface area contributed by atoms with Gasteiger partial charge in [-0.3, -0.25) is 9.78 Å². The molecule has 0 aliphatic rings. The molecule has 2 aromatic rings. The topological polar surface area (TPSA) is 76.2 Å². The molecule has 0 amide bonds. The number of rotatable bonds is 4. The summed E-state index contributed by atoms with van der Waals surface area (Å²) in [6, 6.07) is 9.39. The van der Waals surface area contributed by atoms with Crippen LogP contribution in [0, 0.1) is 0 Å². The highest BCUT2D eigenvalue weighted by Crippen LogP contribution is 2.28. The van der Waals surface area contributed by atoms with E-state index < -0.39 is 5.97 Å². The Morgan fingerprint density at radius 1 is 1.39 bits per heavy atom. The van der Waals surface area contributed by atoms with Gasteiger partial charge >= 0.3 is 5.97 Å². The molecule has 0 aliphatic heterocycles. The van der Waals surface area contributed by atoms with E-state index in [-0.39, 0.29) is 18.4 Å². The number of aliphatic carboxylic acids is 1. The zero-order valence-electron chi connectivity index (χ0n) is 10.2. The molecule has 0 bridgehead atoms. The number of hydrogen-bond donors (Lipinski definition) is 2. The van der Waals surface area contributed by atoms with Gasteiger partial charge in [-0.15, -0.1) is 0 Å². The molecule has 94 valence electrons. The van der Waals surface area contributed by atoms with E-state index >= 15 is 0 Å². The zero-order valence-corrected chi connectivity index (χ0v) is 10.2. The number of benzene rings is 1. The maximum atomic E-state index is 10.9. The van der Waals surface area contributed by atoms with Crippen molar-refractivity contribution in [3.63, 3.8) is 0 Å². The van der Waals surface area contributed by atoms with E-state index in [1.165, 1.54) is 0 Å². The lowest BCUT2D eigenvalue weighted by Crippen LogP contribution is -2.27. The van der Waals surface area contributed by atoms with Crippen LogP contribution in [0.15, 0.2) is 36.5 Å². The van der Waals surface area contributed by atoms with Gasteiger partial charge in [0.15, 0.2) is 0 Å². The van der Waals surface area contributed by atoms with E-state index in [2.05, 4.69) is 4.98 Å². The van der Waals surface area contributed by atoms with Gasteiger partial charge in [-0.1, -0.05) is 24.3 Å². The minimum Gasteiger partial charge on any atom is -0.481 e. The molecule has 1 aromatic heterocycles. The quantitative estimate of drug-likeness (QED) is 0.863. The SMILES string of the molecule is CC(N)C(CC(=O)O)c1cccc2cccnc12. The van der Waals surface area contributed by atoms with Gasteiger partial charge in [0.1, 0.15) is 0 Å². The number of aromatic nitrogens is 1. The molecule has 1 aromatic carbocycles. The van der Waals surface area contributed by atoms with Gasteiger partial charge in [-0.25, -0.2) is 0 Å². The molecule has 0 saturated heterocycles. The van der Waals surface area contributed by atoms with Crippen LogP contribution in [0.25, 0.3) is 10.9 Å². The lowest BCUT2D eigenvalue weighted by Gasteiger charge is -2.20. The monoisotopic (exact) mass is 244 g/mol. The molecule has 0 aliphatic carbocycles. The number of pyridine rings is 1. The number of carboxylic acids is 1. The third-order valence-electron chi connectivity index (χ3n) is 3.09. The molecule has 2 rings (SSSR count). The number of carboxylic acid groups (broad SMARTS) is 1. The van der Waals surface area contributed by atoms with Gasteiger partial charge in [-0.05, 0) is 18.6 Å². The van der Waals surface area contributed by atoms with Crippen LogP contribution in [-0.2, 0) is 4.79 Å². The fourth-order valence-electron chi connectivity index (χ4n) is 2.19. The van der Waals surface area contributed by atoms with E-state index in [4.69, 9.17) is 10.8 Å². The van der Waals surface area contributed by atoms with Gasteiger partial charge < -0.3 is 10.8 Å². The van der Waals surface area contributed by atoms with E-state index in [1.54, 1.807) is 6.20 Å². The van der Waals surface area contributed by atoms with Crippen LogP contribution in [0.5, 0.6) is 0 Å². The summed E-state index contributed by atoms with van der Waals surface area (Å²) in [5, 5.41) is 10.00. The summed E-state index contributed by atoms with van der Waals surface area (Å²) in [5.41, 5.74) is 7.66. The third kappa shape index (κ3) is 2.49. The van der Waals surface area contributed by atoms with Crippen LogP contribution in [0.1, 0.15) is 24.8 Å². The second kappa shape index (κ2) is 5.14. The first-order valence-electron chi connectivity index (χ1n) is 5.90.